The Kier molecular flexibility index (Phi) is 4.66. The molecule has 7 nitrogen and oxygen atoms in total. The second-order valence-corrected chi connectivity index (χ2v) is 7.23. The van der Waals surface area contributed by atoms with Gasteiger partial charge in [-0.2, -0.15) is 0 Å². The number of benzene rings is 1. The van der Waals surface area contributed by atoms with Crippen molar-refractivity contribution in [3.8, 4) is 0 Å². The number of hydrogen-bond donors (Lipinski definition) is 3. The summed E-state index contributed by atoms with van der Waals surface area (Å²) in [7, 11) is 0. The fraction of sp³-hybridized carbons (Fsp3) is 0.438. The van der Waals surface area contributed by atoms with Crippen LogP contribution in [0.5, 0.6) is 0 Å². The maximum Gasteiger partial charge on any atom is 0.326 e. The van der Waals surface area contributed by atoms with Crippen molar-refractivity contribution in [2.75, 3.05) is 23.3 Å². The predicted molar refractivity (Wildman–Crippen MR) is 95.0 cm³/mol. The molecular formula is C16H20N4O3S. The summed E-state index contributed by atoms with van der Waals surface area (Å²) in [6, 6.07) is 4.25. The number of nitrogens with one attached hydrogen (secondary N) is 2. The number of carbonyl (C=O) groups excluding carboxylic acids is 1. The van der Waals surface area contributed by atoms with Crippen LogP contribution in [0, 0.1) is 5.92 Å². The molecule has 24 heavy (non-hydrogen) atoms. The van der Waals surface area contributed by atoms with Crippen molar-refractivity contribution >= 4 is 40.3 Å². The van der Waals surface area contributed by atoms with Gasteiger partial charge in [0, 0.05) is 17.1 Å². The minimum Gasteiger partial charge on any atom is -0.480 e. The number of carboxylic acid groups (broad SMARTS) is 1. The quantitative estimate of drug-likeness (QED) is 0.760. The van der Waals surface area contributed by atoms with Crippen LogP contribution in [-0.2, 0) is 4.79 Å². The molecule has 1 atom stereocenters. The summed E-state index contributed by atoms with van der Waals surface area (Å²) in [5.74, 6) is -0.849. The summed E-state index contributed by atoms with van der Waals surface area (Å²) >= 11 is 1.63. The number of amides is 2. The van der Waals surface area contributed by atoms with Gasteiger partial charge in [-0.15, -0.1) is 0 Å². The minimum atomic E-state index is -1.03. The number of amidine groups is 1. The Labute approximate surface area is 144 Å². The summed E-state index contributed by atoms with van der Waals surface area (Å²) in [6.07, 6.45) is 0.386. The average molecular weight is 348 g/mol. The molecule has 128 valence electrons. The monoisotopic (exact) mass is 348 g/mol. The van der Waals surface area contributed by atoms with E-state index in [4.69, 9.17) is 0 Å². The molecule has 2 aliphatic rings. The first-order chi connectivity index (χ1) is 11.4. The number of aliphatic imine (C=N–C) groups is 1. The van der Waals surface area contributed by atoms with E-state index in [9.17, 15) is 14.7 Å². The zero-order valence-corrected chi connectivity index (χ0v) is 14.4. The van der Waals surface area contributed by atoms with Crippen LogP contribution in [0.4, 0.5) is 16.2 Å². The zero-order valence-electron chi connectivity index (χ0n) is 13.6. The van der Waals surface area contributed by atoms with Crippen molar-refractivity contribution in [3.05, 3.63) is 18.2 Å². The van der Waals surface area contributed by atoms with Crippen LogP contribution in [0.3, 0.4) is 0 Å². The molecule has 8 heteroatoms. The number of aliphatic carboxylic acids is 1. The third kappa shape index (κ3) is 3.48. The molecule has 0 bridgehead atoms. The van der Waals surface area contributed by atoms with Gasteiger partial charge in [-0.1, -0.05) is 13.8 Å². The Balaban J connectivity index is 1.66. The van der Waals surface area contributed by atoms with Crippen LogP contribution in [0.15, 0.2) is 28.1 Å². The molecule has 2 heterocycles. The number of fused-ring (bicyclic) bond motifs is 3. The molecule has 0 aliphatic carbocycles. The van der Waals surface area contributed by atoms with Crippen LogP contribution < -0.4 is 15.5 Å². The lowest BCUT2D eigenvalue weighted by Crippen LogP contribution is -2.43. The van der Waals surface area contributed by atoms with Gasteiger partial charge >= 0.3 is 12.0 Å². The van der Waals surface area contributed by atoms with Crippen LogP contribution in [0.25, 0.3) is 0 Å². The Hall–Kier alpha value is -2.22. The van der Waals surface area contributed by atoms with Crippen LogP contribution in [0.2, 0.25) is 0 Å². The summed E-state index contributed by atoms with van der Waals surface area (Å²) in [5, 5.41) is 15.4. The third-order valence-electron chi connectivity index (χ3n) is 3.82. The highest BCUT2D eigenvalue weighted by molar-refractivity contribution is 8.14. The van der Waals surface area contributed by atoms with Crippen molar-refractivity contribution in [1.29, 1.82) is 0 Å². The Morgan fingerprint density at radius 3 is 2.92 bits per heavy atom. The number of carbonyl (C=O) groups is 2. The molecule has 3 rings (SSSR count). The number of nitrogens with zero attached hydrogens (tertiary/aromatic N) is 2. The van der Waals surface area contributed by atoms with Crippen LogP contribution in [0.1, 0.15) is 20.3 Å². The highest BCUT2D eigenvalue weighted by Crippen LogP contribution is 2.43. The van der Waals surface area contributed by atoms with Crippen LogP contribution in [-0.4, -0.2) is 41.4 Å². The molecule has 0 saturated heterocycles. The number of urea groups is 1. The summed E-state index contributed by atoms with van der Waals surface area (Å²) < 4.78 is 0. The molecule has 2 aliphatic heterocycles. The lowest BCUT2D eigenvalue weighted by atomic mass is 10.0. The zero-order chi connectivity index (χ0) is 17.3. The van der Waals surface area contributed by atoms with E-state index in [1.54, 1.807) is 11.8 Å². The fourth-order valence-corrected chi connectivity index (χ4v) is 3.81. The Morgan fingerprint density at radius 2 is 2.21 bits per heavy atom. The van der Waals surface area contributed by atoms with Gasteiger partial charge in [-0.3, -0.25) is 4.99 Å². The highest BCUT2D eigenvalue weighted by atomic mass is 32.2. The SMILES string of the molecule is CC(C)CC(NC(=O)Nc1ccc2c(c1)N1CCN=C1S2)C(=O)O. The lowest BCUT2D eigenvalue weighted by Gasteiger charge is -2.17. The second-order valence-electron chi connectivity index (χ2n) is 6.22. The van der Waals surface area contributed by atoms with Gasteiger partial charge in [0.1, 0.15) is 6.04 Å². The molecule has 0 radical (unpaired) electrons. The van der Waals surface area contributed by atoms with Gasteiger partial charge in [0.05, 0.1) is 12.2 Å². The molecule has 1 aromatic rings. The number of rotatable bonds is 5. The molecule has 0 fully saturated rings. The standard InChI is InChI=1S/C16H20N4O3S/c1-9(2)7-11(14(21)22)19-15(23)18-10-3-4-13-12(8-10)20-6-5-17-16(20)24-13/h3-4,8-9,11H,5-7H2,1-2H3,(H,21,22)(H2,18,19,23). The van der Waals surface area contributed by atoms with E-state index >= 15 is 0 Å². The first-order valence-electron chi connectivity index (χ1n) is 7.88. The predicted octanol–water partition coefficient (Wildman–Crippen LogP) is 2.59. The van der Waals surface area contributed by atoms with Gasteiger partial charge in [-0.05, 0) is 42.3 Å². The third-order valence-corrected chi connectivity index (χ3v) is 4.92. The maximum atomic E-state index is 12.1. The van der Waals surface area contributed by atoms with E-state index in [0.717, 1.165) is 28.8 Å². The van der Waals surface area contributed by atoms with Crippen molar-refractivity contribution in [2.45, 2.75) is 31.2 Å². The van der Waals surface area contributed by atoms with Gasteiger partial charge in [0.25, 0.3) is 0 Å². The van der Waals surface area contributed by atoms with E-state index < -0.39 is 18.0 Å². The smallest absolute Gasteiger partial charge is 0.326 e. The highest BCUT2D eigenvalue weighted by Gasteiger charge is 2.29. The van der Waals surface area contributed by atoms with Crippen molar-refractivity contribution in [1.82, 2.24) is 5.32 Å². The average Bonchev–Trinajstić information content (AvgIpc) is 3.07. The first-order valence-corrected chi connectivity index (χ1v) is 8.70. The largest absolute Gasteiger partial charge is 0.480 e. The van der Waals surface area contributed by atoms with Gasteiger partial charge < -0.3 is 20.6 Å². The topological polar surface area (TPSA) is 94.0 Å². The molecule has 3 N–H and O–H groups in total. The number of carboxylic acids is 1. The summed E-state index contributed by atoms with van der Waals surface area (Å²) in [4.78, 5) is 31.0. The molecule has 1 unspecified atom stereocenters. The molecule has 2 amide bonds. The number of thioether (sulfide) groups is 1. The van der Waals surface area contributed by atoms with E-state index in [0.29, 0.717) is 12.1 Å². The van der Waals surface area contributed by atoms with Gasteiger partial charge in [0.2, 0.25) is 0 Å². The fourth-order valence-electron chi connectivity index (χ4n) is 2.75. The van der Waals surface area contributed by atoms with E-state index in [-0.39, 0.29) is 5.92 Å². The van der Waals surface area contributed by atoms with Gasteiger partial charge in [0.15, 0.2) is 5.17 Å². The minimum absolute atomic E-state index is 0.177. The molecule has 0 aromatic heterocycles. The van der Waals surface area contributed by atoms with Gasteiger partial charge in [-0.25, -0.2) is 9.59 Å². The molecular weight excluding hydrogens is 328 g/mol. The molecule has 0 spiro atoms. The Bertz CT molecular complexity index is 705. The van der Waals surface area contributed by atoms with Crippen molar-refractivity contribution < 1.29 is 14.7 Å². The summed E-state index contributed by atoms with van der Waals surface area (Å²) in [5.41, 5.74) is 1.67. The summed E-state index contributed by atoms with van der Waals surface area (Å²) in [6.45, 7) is 5.47. The second kappa shape index (κ2) is 6.72. The normalized spacial score (nSPS) is 16.5. The first kappa shape index (κ1) is 16.6. The maximum absolute atomic E-state index is 12.1. The molecule has 1 aromatic carbocycles. The van der Waals surface area contributed by atoms with E-state index in [2.05, 4.69) is 20.5 Å². The number of hydrogen-bond acceptors (Lipinski definition) is 5. The van der Waals surface area contributed by atoms with Crippen molar-refractivity contribution in [2.24, 2.45) is 10.9 Å². The van der Waals surface area contributed by atoms with E-state index in [1.807, 2.05) is 32.0 Å². The molecule has 0 saturated carbocycles. The lowest BCUT2D eigenvalue weighted by molar-refractivity contribution is -0.139. The number of anilines is 2. The van der Waals surface area contributed by atoms with Crippen LogP contribution >= 0.6 is 11.8 Å². The van der Waals surface area contributed by atoms with E-state index in [1.165, 1.54) is 0 Å². The van der Waals surface area contributed by atoms with Crippen molar-refractivity contribution in [3.63, 3.8) is 0 Å². The Morgan fingerprint density at radius 1 is 1.42 bits per heavy atom.